The minimum atomic E-state index is -0.925. The molecule has 0 unspecified atom stereocenters. The fourth-order valence-corrected chi connectivity index (χ4v) is 3.10. The molecule has 3 rings (SSSR count). The first-order chi connectivity index (χ1) is 8.74. The lowest BCUT2D eigenvalue weighted by Crippen LogP contribution is -1.93. The van der Waals surface area contributed by atoms with Gasteiger partial charge in [-0.05, 0) is 16.5 Å². The molecule has 0 aliphatic carbocycles. The van der Waals surface area contributed by atoms with Crippen LogP contribution in [-0.4, -0.2) is 36.1 Å². The van der Waals surface area contributed by atoms with Crippen molar-refractivity contribution < 1.29 is 9.90 Å². The Labute approximate surface area is 108 Å². The van der Waals surface area contributed by atoms with E-state index in [2.05, 4.69) is 20.5 Å². The van der Waals surface area contributed by atoms with Crippen LogP contribution in [0.2, 0.25) is 0 Å². The van der Waals surface area contributed by atoms with E-state index in [4.69, 9.17) is 5.11 Å². The van der Waals surface area contributed by atoms with Crippen LogP contribution in [0.4, 0.5) is 0 Å². The molecule has 0 atom stereocenters. The minimum Gasteiger partial charge on any atom is -0.477 e. The zero-order chi connectivity index (χ0) is 12.5. The molecule has 90 valence electrons. The summed E-state index contributed by atoms with van der Waals surface area (Å²) in [7, 11) is 0. The molecular formula is C9H5N5O2S2. The summed E-state index contributed by atoms with van der Waals surface area (Å²) in [5.41, 5.74) is 0.550. The van der Waals surface area contributed by atoms with Gasteiger partial charge in [0.25, 0.3) is 0 Å². The largest absolute Gasteiger partial charge is 0.477 e. The van der Waals surface area contributed by atoms with Gasteiger partial charge in [-0.3, -0.25) is 4.98 Å². The van der Waals surface area contributed by atoms with Crippen LogP contribution in [-0.2, 0) is 0 Å². The number of aromatic carboxylic acids is 1. The Kier molecular flexibility index (Phi) is 2.68. The third-order valence-corrected chi connectivity index (χ3v) is 4.11. The van der Waals surface area contributed by atoms with E-state index < -0.39 is 5.97 Å². The Hall–Kier alpha value is -2.00. The predicted octanol–water partition coefficient (Wildman–Crippen LogP) is 1.43. The normalized spacial score (nSPS) is 10.9. The van der Waals surface area contributed by atoms with Crippen molar-refractivity contribution in [2.24, 2.45) is 0 Å². The lowest BCUT2D eigenvalue weighted by Gasteiger charge is -1.99. The molecule has 0 amide bonds. The Bertz CT molecular complexity index is 722. The van der Waals surface area contributed by atoms with Crippen LogP contribution in [0.25, 0.3) is 5.65 Å². The summed E-state index contributed by atoms with van der Waals surface area (Å²) in [6.45, 7) is 0. The maximum absolute atomic E-state index is 10.8. The summed E-state index contributed by atoms with van der Waals surface area (Å²) in [6.07, 6.45) is 3.19. The number of thiophene rings is 1. The predicted molar refractivity (Wildman–Crippen MR) is 64.0 cm³/mol. The van der Waals surface area contributed by atoms with Crippen molar-refractivity contribution >= 4 is 34.7 Å². The summed E-state index contributed by atoms with van der Waals surface area (Å²) in [4.78, 5) is 15.9. The molecule has 0 saturated heterocycles. The van der Waals surface area contributed by atoms with Gasteiger partial charge in [-0.25, -0.2) is 4.79 Å². The molecule has 3 aromatic heterocycles. The Balaban J connectivity index is 1.96. The third kappa shape index (κ3) is 1.93. The second-order valence-corrected chi connectivity index (χ2v) is 5.25. The monoisotopic (exact) mass is 279 g/mol. The van der Waals surface area contributed by atoms with E-state index in [0.717, 1.165) is 9.92 Å². The van der Waals surface area contributed by atoms with Crippen molar-refractivity contribution in [2.45, 2.75) is 9.92 Å². The molecule has 3 aromatic rings. The maximum Gasteiger partial charge on any atom is 0.345 e. The highest BCUT2D eigenvalue weighted by Gasteiger charge is 2.10. The van der Waals surface area contributed by atoms with Crippen molar-refractivity contribution in [1.82, 2.24) is 25.0 Å². The number of fused-ring (bicyclic) bond motifs is 1. The number of aromatic nitrogens is 5. The molecule has 9 heteroatoms. The molecule has 0 bridgehead atoms. The van der Waals surface area contributed by atoms with Gasteiger partial charge in [-0.15, -0.1) is 16.4 Å². The van der Waals surface area contributed by atoms with Gasteiger partial charge in [-0.2, -0.15) is 4.52 Å². The molecule has 0 fully saturated rings. The lowest BCUT2D eigenvalue weighted by atomic mass is 10.5. The highest BCUT2D eigenvalue weighted by atomic mass is 32.2. The average Bonchev–Trinajstić information content (AvgIpc) is 2.97. The lowest BCUT2D eigenvalue weighted by molar-refractivity contribution is 0.0702. The molecule has 0 radical (unpaired) electrons. The van der Waals surface area contributed by atoms with Crippen LogP contribution in [0.5, 0.6) is 0 Å². The number of carbonyl (C=O) groups is 1. The summed E-state index contributed by atoms with van der Waals surface area (Å²) < 4.78 is 1.55. The van der Waals surface area contributed by atoms with Gasteiger partial charge in [0.1, 0.15) is 9.90 Å². The Morgan fingerprint density at radius 1 is 1.44 bits per heavy atom. The Morgan fingerprint density at radius 2 is 2.33 bits per heavy atom. The summed E-state index contributed by atoms with van der Waals surface area (Å²) in [6, 6.07) is 1.61. The summed E-state index contributed by atoms with van der Waals surface area (Å²) in [5.74, 6) is -0.925. The molecular weight excluding hydrogens is 274 g/mol. The molecule has 0 aliphatic rings. The summed E-state index contributed by atoms with van der Waals surface area (Å²) in [5, 5.41) is 22.5. The standard InChI is InChI=1S/C9H5N5O2S2/c15-9(16)6-1-5(4-17-6)18-8-3-10-2-7-11-12-13-14(7)8/h1-4H,(H,15,16). The smallest absolute Gasteiger partial charge is 0.345 e. The molecule has 0 aromatic carbocycles. The fraction of sp³-hybridized carbons (Fsp3) is 0. The van der Waals surface area contributed by atoms with Gasteiger partial charge < -0.3 is 5.11 Å². The average molecular weight is 279 g/mol. The van der Waals surface area contributed by atoms with Crippen LogP contribution in [0.3, 0.4) is 0 Å². The highest BCUT2D eigenvalue weighted by Crippen LogP contribution is 2.30. The first-order valence-electron chi connectivity index (χ1n) is 4.76. The van der Waals surface area contributed by atoms with E-state index in [1.165, 1.54) is 23.1 Å². The first-order valence-corrected chi connectivity index (χ1v) is 6.45. The quantitative estimate of drug-likeness (QED) is 0.775. The minimum absolute atomic E-state index is 0.300. The van der Waals surface area contributed by atoms with Crippen LogP contribution in [0, 0.1) is 0 Å². The van der Waals surface area contributed by atoms with Crippen molar-refractivity contribution in [2.75, 3.05) is 0 Å². The topological polar surface area (TPSA) is 93.3 Å². The van der Waals surface area contributed by atoms with E-state index >= 15 is 0 Å². The van der Waals surface area contributed by atoms with Gasteiger partial charge in [0.15, 0.2) is 5.65 Å². The SMILES string of the molecule is O=C(O)c1cc(Sc2cncc3nnnn23)cs1. The highest BCUT2D eigenvalue weighted by molar-refractivity contribution is 7.99. The van der Waals surface area contributed by atoms with Crippen LogP contribution in [0.15, 0.2) is 33.8 Å². The van der Waals surface area contributed by atoms with E-state index in [-0.39, 0.29) is 0 Å². The summed E-state index contributed by atoms with van der Waals surface area (Å²) >= 11 is 2.55. The maximum atomic E-state index is 10.8. The molecule has 18 heavy (non-hydrogen) atoms. The number of carboxylic acid groups (broad SMARTS) is 1. The number of carboxylic acids is 1. The number of rotatable bonds is 3. The number of nitrogens with zero attached hydrogens (tertiary/aromatic N) is 5. The molecule has 3 heterocycles. The van der Waals surface area contributed by atoms with Gasteiger partial charge in [0.05, 0.1) is 12.4 Å². The van der Waals surface area contributed by atoms with E-state index in [1.54, 1.807) is 28.4 Å². The molecule has 0 spiro atoms. The van der Waals surface area contributed by atoms with Crippen LogP contribution < -0.4 is 0 Å². The third-order valence-electron chi connectivity index (χ3n) is 2.09. The number of hydrogen-bond donors (Lipinski definition) is 1. The van der Waals surface area contributed by atoms with Crippen molar-refractivity contribution in [3.05, 3.63) is 28.7 Å². The molecule has 1 N–H and O–H groups in total. The van der Waals surface area contributed by atoms with Crippen molar-refractivity contribution in [3.63, 3.8) is 0 Å². The van der Waals surface area contributed by atoms with E-state index in [1.807, 2.05) is 0 Å². The Morgan fingerprint density at radius 3 is 3.11 bits per heavy atom. The molecule has 0 saturated carbocycles. The van der Waals surface area contributed by atoms with Gasteiger partial charge in [0.2, 0.25) is 0 Å². The van der Waals surface area contributed by atoms with Gasteiger partial charge in [0, 0.05) is 10.3 Å². The van der Waals surface area contributed by atoms with E-state index in [0.29, 0.717) is 10.5 Å². The van der Waals surface area contributed by atoms with E-state index in [9.17, 15) is 4.79 Å². The van der Waals surface area contributed by atoms with Crippen molar-refractivity contribution in [3.8, 4) is 0 Å². The first kappa shape index (κ1) is 11.1. The second kappa shape index (κ2) is 4.35. The fourth-order valence-electron chi connectivity index (χ4n) is 1.33. The van der Waals surface area contributed by atoms with Crippen molar-refractivity contribution in [1.29, 1.82) is 0 Å². The van der Waals surface area contributed by atoms with Gasteiger partial charge in [-0.1, -0.05) is 11.8 Å². The number of hydrogen-bond acceptors (Lipinski definition) is 7. The van der Waals surface area contributed by atoms with Gasteiger partial charge >= 0.3 is 5.97 Å². The van der Waals surface area contributed by atoms with Crippen LogP contribution >= 0.6 is 23.1 Å². The molecule has 7 nitrogen and oxygen atoms in total. The zero-order valence-electron chi connectivity index (χ0n) is 8.72. The molecule has 0 aliphatic heterocycles. The van der Waals surface area contributed by atoms with Crippen LogP contribution in [0.1, 0.15) is 9.67 Å². The second-order valence-electron chi connectivity index (χ2n) is 3.25. The zero-order valence-corrected chi connectivity index (χ0v) is 10.4. The number of tetrazole rings is 1.